The molecule has 0 bridgehead atoms. The highest BCUT2D eigenvalue weighted by Crippen LogP contribution is 2.21. The largest absolute Gasteiger partial charge is 0.481 e. The van der Waals surface area contributed by atoms with Gasteiger partial charge in [-0.1, -0.05) is 30.3 Å². The van der Waals surface area contributed by atoms with Crippen LogP contribution in [0.5, 0.6) is 0 Å². The van der Waals surface area contributed by atoms with Crippen molar-refractivity contribution in [2.45, 2.75) is 19.4 Å². The molecule has 1 aliphatic rings. The lowest BCUT2D eigenvalue weighted by Crippen LogP contribution is -2.35. The summed E-state index contributed by atoms with van der Waals surface area (Å²) in [4.78, 5) is 13.3. The average Bonchev–Trinajstić information content (AvgIpc) is 2.58. The molecule has 4 nitrogen and oxygen atoms in total. The van der Waals surface area contributed by atoms with Crippen molar-refractivity contribution in [1.29, 1.82) is 0 Å². The lowest BCUT2D eigenvalue weighted by atomic mass is 9.97. The van der Waals surface area contributed by atoms with E-state index in [1.54, 1.807) is 0 Å². The van der Waals surface area contributed by atoms with Crippen molar-refractivity contribution in [2.75, 3.05) is 18.4 Å². The Balaban J connectivity index is 1.53. The molecule has 0 aliphatic carbocycles. The number of rotatable bonds is 5. The second-order valence-corrected chi connectivity index (χ2v) is 6.08. The molecule has 120 valence electrons. The first-order chi connectivity index (χ1) is 11.2. The minimum absolute atomic E-state index is 0.163. The van der Waals surface area contributed by atoms with E-state index in [1.165, 1.54) is 5.56 Å². The highest BCUT2D eigenvalue weighted by atomic mass is 16.4. The van der Waals surface area contributed by atoms with Gasteiger partial charge in [-0.15, -0.1) is 0 Å². The summed E-state index contributed by atoms with van der Waals surface area (Å²) in [6.07, 6.45) is 1.51. The van der Waals surface area contributed by atoms with Crippen LogP contribution < -0.4 is 5.32 Å². The summed E-state index contributed by atoms with van der Waals surface area (Å²) in [6.45, 7) is 2.61. The van der Waals surface area contributed by atoms with E-state index in [2.05, 4.69) is 34.5 Å². The lowest BCUT2D eigenvalue weighted by Gasteiger charge is -2.30. The molecule has 0 radical (unpaired) electrons. The number of hydrogen-bond donors (Lipinski definition) is 2. The molecule has 0 amide bonds. The quantitative estimate of drug-likeness (QED) is 0.883. The van der Waals surface area contributed by atoms with Crippen molar-refractivity contribution in [3.8, 4) is 0 Å². The third-order valence-electron chi connectivity index (χ3n) is 4.36. The fraction of sp³-hybridized carbons (Fsp3) is 0.316. The fourth-order valence-corrected chi connectivity index (χ4v) is 2.98. The second kappa shape index (κ2) is 7.29. The van der Waals surface area contributed by atoms with E-state index >= 15 is 0 Å². The maximum atomic E-state index is 11.0. The SMILES string of the molecule is O=C(O)C1CCN(Cc2ccc(Nc3ccccc3)cc2)CC1. The van der Waals surface area contributed by atoms with Gasteiger partial charge < -0.3 is 10.4 Å². The number of anilines is 2. The molecule has 1 aliphatic heterocycles. The Hall–Kier alpha value is -2.33. The number of nitrogens with one attached hydrogen (secondary N) is 1. The zero-order chi connectivity index (χ0) is 16.1. The van der Waals surface area contributed by atoms with Crippen LogP contribution in [0.1, 0.15) is 18.4 Å². The molecule has 2 N–H and O–H groups in total. The molecule has 1 saturated heterocycles. The molecule has 2 aromatic carbocycles. The molecule has 2 aromatic rings. The monoisotopic (exact) mass is 310 g/mol. The Bertz CT molecular complexity index is 632. The maximum absolute atomic E-state index is 11.0. The molecule has 3 rings (SSSR count). The van der Waals surface area contributed by atoms with Gasteiger partial charge >= 0.3 is 5.97 Å². The van der Waals surface area contributed by atoms with Crippen LogP contribution in [-0.4, -0.2) is 29.1 Å². The van der Waals surface area contributed by atoms with E-state index in [4.69, 9.17) is 5.11 Å². The second-order valence-electron chi connectivity index (χ2n) is 6.08. The van der Waals surface area contributed by atoms with Crippen LogP contribution in [0.2, 0.25) is 0 Å². The topological polar surface area (TPSA) is 52.6 Å². The zero-order valence-corrected chi connectivity index (χ0v) is 13.1. The molecule has 1 heterocycles. The number of benzene rings is 2. The molecular weight excluding hydrogens is 288 g/mol. The van der Waals surface area contributed by atoms with Gasteiger partial charge in [-0.25, -0.2) is 0 Å². The summed E-state index contributed by atoms with van der Waals surface area (Å²) in [5, 5.41) is 12.4. The Labute approximate surface area is 136 Å². The van der Waals surface area contributed by atoms with Crippen molar-refractivity contribution in [3.05, 3.63) is 60.2 Å². The molecular formula is C19H22N2O2. The van der Waals surface area contributed by atoms with Crippen LogP contribution in [0.4, 0.5) is 11.4 Å². The number of carboxylic acids is 1. The Morgan fingerprint density at radius 2 is 1.61 bits per heavy atom. The minimum atomic E-state index is -0.652. The molecule has 1 fully saturated rings. The van der Waals surface area contributed by atoms with Gasteiger partial charge in [-0.3, -0.25) is 9.69 Å². The summed E-state index contributed by atoms with van der Waals surface area (Å²) >= 11 is 0. The third-order valence-corrected chi connectivity index (χ3v) is 4.36. The van der Waals surface area contributed by atoms with Gasteiger partial charge in [0.1, 0.15) is 0 Å². The van der Waals surface area contributed by atoms with Gasteiger partial charge in [0.05, 0.1) is 5.92 Å². The summed E-state index contributed by atoms with van der Waals surface area (Å²) in [7, 11) is 0. The molecule has 0 aromatic heterocycles. The fourth-order valence-electron chi connectivity index (χ4n) is 2.98. The average molecular weight is 310 g/mol. The van der Waals surface area contributed by atoms with Crippen molar-refractivity contribution in [3.63, 3.8) is 0 Å². The van der Waals surface area contributed by atoms with Gasteiger partial charge in [-0.2, -0.15) is 0 Å². The van der Waals surface area contributed by atoms with Crippen LogP contribution in [0.3, 0.4) is 0 Å². The standard InChI is InChI=1S/C19H22N2O2/c22-19(23)16-10-12-21(13-11-16)14-15-6-8-18(9-7-15)20-17-4-2-1-3-5-17/h1-9,16,20H,10-14H2,(H,22,23). The van der Waals surface area contributed by atoms with E-state index in [0.29, 0.717) is 0 Å². The molecule has 23 heavy (non-hydrogen) atoms. The number of likely N-dealkylation sites (tertiary alicyclic amines) is 1. The predicted molar refractivity (Wildman–Crippen MR) is 91.8 cm³/mol. The molecule has 0 atom stereocenters. The smallest absolute Gasteiger partial charge is 0.306 e. The minimum Gasteiger partial charge on any atom is -0.481 e. The Morgan fingerprint density at radius 3 is 2.22 bits per heavy atom. The van der Waals surface area contributed by atoms with E-state index in [0.717, 1.165) is 43.9 Å². The van der Waals surface area contributed by atoms with Gasteiger partial charge in [0.15, 0.2) is 0 Å². The van der Waals surface area contributed by atoms with Gasteiger partial charge in [0.25, 0.3) is 0 Å². The number of hydrogen-bond acceptors (Lipinski definition) is 3. The molecule has 0 unspecified atom stereocenters. The molecule has 0 saturated carbocycles. The first kappa shape index (κ1) is 15.6. The van der Waals surface area contributed by atoms with E-state index < -0.39 is 5.97 Å². The highest BCUT2D eigenvalue weighted by molar-refractivity contribution is 5.70. The van der Waals surface area contributed by atoms with Crippen LogP contribution in [0.15, 0.2) is 54.6 Å². The number of carboxylic acid groups (broad SMARTS) is 1. The number of piperidine rings is 1. The zero-order valence-electron chi connectivity index (χ0n) is 13.1. The maximum Gasteiger partial charge on any atom is 0.306 e. The number of aliphatic carboxylic acids is 1. The summed E-state index contributed by atoms with van der Waals surface area (Å²) < 4.78 is 0. The van der Waals surface area contributed by atoms with Crippen LogP contribution >= 0.6 is 0 Å². The van der Waals surface area contributed by atoms with Crippen molar-refractivity contribution in [2.24, 2.45) is 5.92 Å². The normalized spacial score (nSPS) is 16.2. The Morgan fingerprint density at radius 1 is 1.00 bits per heavy atom. The van der Waals surface area contributed by atoms with Crippen LogP contribution in [-0.2, 0) is 11.3 Å². The lowest BCUT2D eigenvalue weighted by molar-refractivity contribution is -0.143. The van der Waals surface area contributed by atoms with Gasteiger partial charge in [0.2, 0.25) is 0 Å². The first-order valence-corrected chi connectivity index (χ1v) is 8.07. The summed E-state index contributed by atoms with van der Waals surface area (Å²) in [5.74, 6) is -0.815. The Kier molecular flexibility index (Phi) is 4.93. The number of para-hydroxylation sites is 1. The third kappa shape index (κ3) is 4.33. The van der Waals surface area contributed by atoms with E-state index in [1.807, 2.05) is 30.3 Å². The van der Waals surface area contributed by atoms with Crippen molar-refractivity contribution >= 4 is 17.3 Å². The van der Waals surface area contributed by atoms with Crippen molar-refractivity contribution in [1.82, 2.24) is 4.90 Å². The van der Waals surface area contributed by atoms with Crippen LogP contribution in [0, 0.1) is 5.92 Å². The first-order valence-electron chi connectivity index (χ1n) is 8.07. The summed E-state index contributed by atoms with van der Waals surface area (Å²) in [6, 6.07) is 18.6. The highest BCUT2D eigenvalue weighted by Gasteiger charge is 2.24. The van der Waals surface area contributed by atoms with Crippen molar-refractivity contribution < 1.29 is 9.90 Å². The van der Waals surface area contributed by atoms with Gasteiger partial charge in [0, 0.05) is 17.9 Å². The summed E-state index contributed by atoms with van der Waals surface area (Å²) in [5.41, 5.74) is 3.41. The molecule has 0 spiro atoms. The molecule has 4 heteroatoms. The van der Waals surface area contributed by atoms with Gasteiger partial charge in [-0.05, 0) is 55.8 Å². The number of carbonyl (C=O) groups is 1. The predicted octanol–water partition coefficient (Wildman–Crippen LogP) is 3.73. The van der Waals surface area contributed by atoms with Crippen LogP contribution in [0.25, 0.3) is 0 Å². The number of nitrogens with zero attached hydrogens (tertiary/aromatic N) is 1. The van der Waals surface area contributed by atoms with E-state index in [-0.39, 0.29) is 5.92 Å². The van der Waals surface area contributed by atoms with E-state index in [9.17, 15) is 4.79 Å².